The number of alkyl halides is 1. The van der Waals surface area contributed by atoms with E-state index in [2.05, 4.69) is 0 Å². The van der Waals surface area contributed by atoms with Crippen LogP contribution in [0.3, 0.4) is 0 Å². The van der Waals surface area contributed by atoms with E-state index in [0.29, 0.717) is 0 Å². The normalized spacial score (nSPS) is 15.2. The summed E-state index contributed by atoms with van der Waals surface area (Å²) in [6, 6.07) is -0.873. The molecule has 0 aromatic carbocycles. The van der Waals surface area contributed by atoms with E-state index in [1.165, 1.54) is 6.92 Å². The van der Waals surface area contributed by atoms with E-state index in [1.54, 1.807) is 0 Å². The second kappa shape index (κ2) is 4.82. The standard InChI is InChI=1S/C7H12FNO3/c1-4(10)6(9)2-5(3-8)7(11)12/h5-6H,2-3,9H2,1H3,(H,11,12)/t5-,6-/m0/s1/i8-1. The molecule has 2 atom stereocenters. The molecule has 0 aliphatic heterocycles. The molecule has 0 unspecified atom stereocenters. The number of rotatable bonds is 5. The third-order valence-electron chi connectivity index (χ3n) is 1.60. The lowest BCUT2D eigenvalue weighted by atomic mass is 10.00. The van der Waals surface area contributed by atoms with E-state index in [-0.39, 0.29) is 12.2 Å². The van der Waals surface area contributed by atoms with Crippen LogP contribution in [0.4, 0.5) is 4.39 Å². The van der Waals surface area contributed by atoms with Gasteiger partial charge in [-0.2, -0.15) is 0 Å². The molecule has 0 aromatic heterocycles. The van der Waals surface area contributed by atoms with Gasteiger partial charge >= 0.3 is 5.97 Å². The third-order valence-corrected chi connectivity index (χ3v) is 1.60. The second-order valence-electron chi connectivity index (χ2n) is 2.64. The monoisotopic (exact) mass is 176 g/mol. The molecule has 0 heterocycles. The van der Waals surface area contributed by atoms with Gasteiger partial charge in [-0.3, -0.25) is 14.0 Å². The molecular formula is C7H12FNO3. The van der Waals surface area contributed by atoms with Crippen molar-refractivity contribution < 1.29 is 19.1 Å². The van der Waals surface area contributed by atoms with Crippen molar-refractivity contribution in [2.24, 2.45) is 11.7 Å². The van der Waals surface area contributed by atoms with Crippen molar-refractivity contribution in [3.8, 4) is 0 Å². The van der Waals surface area contributed by atoms with E-state index in [9.17, 15) is 14.0 Å². The maximum atomic E-state index is 12.0. The zero-order chi connectivity index (χ0) is 9.72. The van der Waals surface area contributed by atoms with Gasteiger partial charge in [0.05, 0.1) is 12.0 Å². The molecule has 0 aliphatic rings. The molecule has 4 nitrogen and oxygen atoms in total. The van der Waals surface area contributed by atoms with Crippen molar-refractivity contribution in [1.82, 2.24) is 0 Å². The number of Topliss-reactive ketones (excluding diaryl/α,β-unsaturated/α-hetero) is 1. The van der Waals surface area contributed by atoms with Crippen LogP contribution in [0.25, 0.3) is 0 Å². The van der Waals surface area contributed by atoms with Crippen molar-refractivity contribution in [2.45, 2.75) is 19.4 Å². The average Bonchev–Trinajstić information content (AvgIpc) is 1.98. The van der Waals surface area contributed by atoms with Gasteiger partial charge < -0.3 is 10.8 Å². The molecule has 0 saturated heterocycles. The topological polar surface area (TPSA) is 80.4 Å². The molecule has 0 bridgehead atoms. The van der Waals surface area contributed by atoms with E-state index >= 15 is 0 Å². The molecule has 12 heavy (non-hydrogen) atoms. The lowest BCUT2D eigenvalue weighted by Gasteiger charge is -2.11. The number of carbonyl (C=O) groups is 2. The summed E-state index contributed by atoms with van der Waals surface area (Å²) in [5.74, 6) is -2.74. The largest absolute Gasteiger partial charge is 0.481 e. The number of nitrogens with two attached hydrogens (primary N) is 1. The Morgan fingerprint density at radius 3 is 2.33 bits per heavy atom. The van der Waals surface area contributed by atoms with Crippen LogP contribution in [-0.2, 0) is 9.59 Å². The van der Waals surface area contributed by atoms with Crippen LogP contribution in [0, 0.1) is 5.92 Å². The number of hydrogen-bond donors (Lipinski definition) is 2. The number of aliphatic carboxylic acids is 1. The SMILES string of the molecule is CC(=O)[C@@H](N)C[C@@H](C[18F])C(=O)O. The van der Waals surface area contributed by atoms with E-state index in [1.807, 2.05) is 0 Å². The summed E-state index contributed by atoms with van der Waals surface area (Å²) < 4.78 is 12.0. The Morgan fingerprint density at radius 1 is 1.58 bits per heavy atom. The van der Waals surface area contributed by atoms with E-state index < -0.39 is 24.6 Å². The summed E-state index contributed by atoms with van der Waals surface area (Å²) in [4.78, 5) is 20.9. The van der Waals surface area contributed by atoms with Crippen LogP contribution >= 0.6 is 0 Å². The number of carbonyl (C=O) groups excluding carboxylic acids is 1. The van der Waals surface area contributed by atoms with Crippen molar-refractivity contribution in [1.29, 1.82) is 0 Å². The molecule has 0 radical (unpaired) electrons. The van der Waals surface area contributed by atoms with Gasteiger partial charge in [-0.05, 0) is 13.3 Å². The summed E-state index contributed by atoms with van der Waals surface area (Å²) in [6.45, 7) is 0.262. The summed E-state index contributed by atoms with van der Waals surface area (Å²) >= 11 is 0. The zero-order valence-electron chi connectivity index (χ0n) is 6.79. The maximum absolute atomic E-state index is 12.0. The van der Waals surface area contributed by atoms with Crippen LogP contribution in [0.1, 0.15) is 13.3 Å². The van der Waals surface area contributed by atoms with Gasteiger partial charge in [-0.15, -0.1) is 0 Å². The zero-order valence-corrected chi connectivity index (χ0v) is 6.79. The molecule has 5 heteroatoms. The number of halogens is 1. The lowest BCUT2D eigenvalue weighted by molar-refractivity contribution is -0.142. The molecule has 0 spiro atoms. The number of ketones is 1. The van der Waals surface area contributed by atoms with Gasteiger partial charge in [0.15, 0.2) is 0 Å². The number of hydrogen-bond acceptors (Lipinski definition) is 3. The molecular weight excluding hydrogens is 164 g/mol. The second-order valence-corrected chi connectivity index (χ2v) is 2.64. The molecule has 0 amide bonds. The van der Waals surface area contributed by atoms with Crippen molar-refractivity contribution >= 4 is 11.8 Å². The summed E-state index contributed by atoms with van der Waals surface area (Å²) in [6.07, 6.45) is -0.138. The van der Waals surface area contributed by atoms with Gasteiger partial charge in [-0.1, -0.05) is 0 Å². The Bertz CT molecular complexity index is 183. The Labute approximate surface area is 69.6 Å². The van der Waals surface area contributed by atoms with Crippen molar-refractivity contribution in [2.75, 3.05) is 6.67 Å². The lowest BCUT2D eigenvalue weighted by Crippen LogP contribution is -2.33. The van der Waals surface area contributed by atoms with Gasteiger partial charge in [0.2, 0.25) is 0 Å². The van der Waals surface area contributed by atoms with Gasteiger partial charge in [0, 0.05) is 0 Å². The molecule has 0 saturated carbocycles. The molecule has 0 aromatic rings. The molecule has 0 rings (SSSR count). The molecule has 0 aliphatic carbocycles. The quantitative estimate of drug-likeness (QED) is 0.616. The third kappa shape index (κ3) is 3.43. The van der Waals surface area contributed by atoms with Crippen LogP contribution < -0.4 is 5.73 Å². The number of carboxylic acids is 1. The minimum Gasteiger partial charge on any atom is -0.481 e. The highest BCUT2D eigenvalue weighted by Crippen LogP contribution is 2.07. The van der Waals surface area contributed by atoms with Gasteiger partial charge in [0.25, 0.3) is 0 Å². The van der Waals surface area contributed by atoms with Crippen LogP contribution in [0.15, 0.2) is 0 Å². The first-order chi connectivity index (χ1) is 5.49. The van der Waals surface area contributed by atoms with Crippen molar-refractivity contribution in [3.05, 3.63) is 0 Å². The maximum Gasteiger partial charge on any atom is 0.309 e. The fraction of sp³-hybridized carbons (Fsp3) is 0.714. The highest BCUT2D eigenvalue weighted by atomic mass is 18.2. The smallest absolute Gasteiger partial charge is 0.309 e. The van der Waals surface area contributed by atoms with E-state index in [0.717, 1.165) is 0 Å². The minimum absolute atomic E-state index is 0.138. The summed E-state index contributed by atoms with van der Waals surface area (Å²) in [5.41, 5.74) is 5.25. The Hall–Kier alpha value is -0.970. The molecule has 70 valence electrons. The van der Waals surface area contributed by atoms with Gasteiger partial charge in [0.1, 0.15) is 12.5 Å². The number of carboxylic acid groups (broad SMARTS) is 1. The molecule has 3 N–H and O–H groups in total. The highest BCUT2D eigenvalue weighted by Gasteiger charge is 2.22. The highest BCUT2D eigenvalue weighted by molar-refractivity contribution is 5.82. The average molecular weight is 176 g/mol. The Morgan fingerprint density at radius 2 is 2.08 bits per heavy atom. The van der Waals surface area contributed by atoms with E-state index in [4.69, 9.17) is 10.8 Å². The predicted octanol–water partition coefficient (Wildman–Crippen LogP) is -0.0369. The molecule has 0 fully saturated rings. The fourth-order valence-electron chi connectivity index (χ4n) is 0.702. The first-order valence-electron chi connectivity index (χ1n) is 3.53. The first kappa shape index (κ1) is 11.0. The first-order valence-corrected chi connectivity index (χ1v) is 3.53. The Balaban J connectivity index is 4.02. The fourth-order valence-corrected chi connectivity index (χ4v) is 0.702. The van der Waals surface area contributed by atoms with Gasteiger partial charge in [-0.25, -0.2) is 0 Å². The van der Waals surface area contributed by atoms with Crippen LogP contribution in [0.5, 0.6) is 0 Å². The summed E-state index contributed by atoms with van der Waals surface area (Å²) in [5, 5.41) is 8.40. The van der Waals surface area contributed by atoms with Crippen molar-refractivity contribution in [3.63, 3.8) is 0 Å². The minimum atomic E-state index is -1.26. The van der Waals surface area contributed by atoms with Crippen LogP contribution in [-0.4, -0.2) is 29.6 Å². The Kier molecular flexibility index (Phi) is 4.43. The van der Waals surface area contributed by atoms with Crippen LogP contribution in [0.2, 0.25) is 0 Å². The summed E-state index contributed by atoms with van der Waals surface area (Å²) in [7, 11) is 0. The predicted molar refractivity (Wildman–Crippen MR) is 40.4 cm³/mol.